The van der Waals surface area contributed by atoms with Gasteiger partial charge in [0.2, 0.25) is 5.91 Å². The molecule has 3 aromatic rings. The fraction of sp³-hybridized carbons (Fsp3) is 0.148. The summed E-state index contributed by atoms with van der Waals surface area (Å²) in [5.41, 5.74) is 2.93. The number of hydrogen-bond acceptors (Lipinski definition) is 6. The second-order valence-corrected chi connectivity index (χ2v) is 9.51. The van der Waals surface area contributed by atoms with Gasteiger partial charge < -0.3 is 15.4 Å². The normalized spacial score (nSPS) is 13.9. The van der Waals surface area contributed by atoms with E-state index in [1.807, 2.05) is 19.1 Å². The maximum Gasteiger partial charge on any atom is 0.329 e. The first-order chi connectivity index (χ1) is 18.2. The number of hydrogen-bond donors (Lipinski definition) is 2. The Kier molecular flexibility index (Phi) is 8.36. The fourth-order valence-electron chi connectivity index (χ4n) is 3.81. The van der Waals surface area contributed by atoms with Crippen molar-refractivity contribution in [3.8, 4) is 5.75 Å². The highest BCUT2D eigenvalue weighted by Gasteiger charge is 2.35. The summed E-state index contributed by atoms with van der Waals surface area (Å²) in [6, 6.07) is 18.1. The summed E-state index contributed by atoms with van der Waals surface area (Å²) in [6.45, 7) is 1.70. The van der Waals surface area contributed by atoms with Crippen LogP contribution in [0.2, 0.25) is 0 Å². The molecule has 0 bridgehead atoms. The highest BCUT2D eigenvalue weighted by Crippen LogP contribution is 2.25. The standard InChI is InChI=1S/C27H23IN4O6/c1-2-19-7-3-4-9-22(19)29-25(33)15-31-26(34)23(30-27(31)35)14-17-10-11-24(21(28)13-17)38-16-18-6-5-8-20(12-18)32(36)37/h3-14H,2,15-16H2,1H3,(H,29,33)(H,30,35)/b23-14+. The molecular formula is C27H23IN4O6. The number of carbonyl (C=O) groups excluding carboxylic acids is 3. The third kappa shape index (κ3) is 6.35. The quantitative estimate of drug-likeness (QED) is 0.115. The SMILES string of the molecule is CCc1ccccc1NC(=O)CN1C(=O)N/C(=C/c2ccc(OCc3cccc([N+](=O)[O-])c3)c(I)c2)C1=O. The summed E-state index contributed by atoms with van der Waals surface area (Å²) < 4.78 is 6.55. The molecule has 10 nitrogen and oxygen atoms in total. The zero-order valence-corrected chi connectivity index (χ0v) is 22.4. The smallest absolute Gasteiger partial charge is 0.329 e. The van der Waals surface area contributed by atoms with E-state index in [-0.39, 0.29) is 18.0 Å². The van der Waals surface area contributed by atoms with Gasteiger partial charge in [-0.05, 0) is 70.0 Å². The number of para-hydroxylation sites is 1. The van der Waals surface area contributed by atoms with Gasteiger partial charge in [0.15, 0.2) is 0 Å². The maximum absolute atomic E-state index is 12.8. The molecule has 1 aliphatic heterocycles. The molecule has 0 spiro atoms. The topological polar surface area (TPSA) is 131 Å². The summed E-state index contributed by atoms with van der Waals surface area (Å²) in [5, 5.41) is 16.2. The van der Waals surface area contributed by atoms with E-state index in [1.54, 1.807) is 42.5 Å². The van der Waals surface area contributed by atoms with Crippen molar-refractivity contribution in [3.05, 3.63) is 103 Å². The Morgan fingerprint density at radius 3 is 2.66 bits per heavy atom. The minimum atomic E-state index is -0.674. The van der Waals surface area contributed by atoms with Gasteiger partial charge in [-0.25, -0.2) is 9.69 Å². The Balaban J connectivity index is 1.40. The Morgan fingerprint density at radius 1 is 1.13 bits per heavy atom. The zero-order valence-electron chi connectivity index (χ0n) is 20.3. The lowest BCUT2D eigenvalue weighted by molar-refractivity contribution is -0.384. The van der Waals surface area contributed by atoms with Crippen molar-refractivity contribution in [2.75, 3.05) is 11.9 Å². The molecule has 0 aliphatic carbocycles. The van der Waals surface area contributed by atoms with Gasteiger partial charge in [-0.2, -0.15) is 0 Å². The van der Waals surface area contributed by atoms with Crippen LogP contribution in [0.15, 0.2) is 72.4 Å². The van der Waals surface area contributed by atoms with E-state index in [0.29, 0.717) is 22.6 Å². The van der Waals surface area contributed by atoms with E-state index in [2.05, 4.69) is 33.2 Å². The lowest BCUT2D eigenvalue weighted by atomic mass is 10.1. The number of benzene rings is 3. The number of imide groups is 1. The first-order valence-electron chi connectivity index (χ1n) is 11.6. The van der Waals surface area contributed by atoms with Crippen molar-refractivity contribution in [2.24, 2.45) is 0 Å². The number of amides is 4. The molecule has 0 radical (unpaired) electrons. The van der Waals surface area contributed by atoms with Crippen molar-refractivity contribution in [2.45, 2.75) is 20.0 Å². The van der Waals surface area contributed by atoms with Crippen LogP contribution in [0.3, 0.4) is 0 Å². The van der Waals surface area contributed by atoms with E-state index in [4.69, 9.17) is 4.74 Å². The number of ether oxygens (including phenoxy) is 1. The average molecular weight is 626 g/mol. The average Bonchev–Trinajstić information content (AvgIpc) is 3.15. The Bertz CT molecular complexity index is 1450. The molecule has 0 aromatic heterocycles. The first kappa shape index (κ1) is 26.8. The van der Waals surface area contributed by atoms with Gasteiger partial charge in [-0.1, -0.05) is 43.3 Å². The molecular weight excluding hydrogens is 603 g/mol. The van der Waals surface area contributed by atoms with Crippen LogP contribution in [-0.2, 0) is 22.6 Å². The van der Waals surface area contributed by atoms with Gasteiger partial charge in [-0.15, -0.1) is 0 Å². The van der Waals surface area contributed by atoms with Gasteiger partial charge >= 0.3 is 6.03 Å². The van der Waals surface area contributed by atoms with E-state index < -0.39 is 29.3 Å². The second-order valence-electron chi connectivity index (χ2n) is 8.34. The summed E-state index contributed by atoms with van der Waals surface area (Å²) in [6.07, 6.45) is 2.25. The van der Waals surface area contributed by atoms with Crippen molar-refractivity contribution in [1.29, 1.82) is 0 Å². The molecule has 0 atom stereocenters. The number of aryl methyl sites for hydroxylation is 1. The van der Waals surface area contributed by atoms with E-state index in [1.165, 1.54) is 18.2 Å². The van der Waals surface area contributed by atoms with Crippen LogP contribution >= 0.6 is 22.6 Å². The second kappa shape index (κ2) is 11.9. The van der Waals surface area contributed by atoms with Crippen molar-refractivity contribution in [1.82, 2.24) is 10.2 Å². The number of nitrogens with zero attached hydrogens (tertiary/aromatic N) is 2. The third-order valence-electron chi connectivity index (χ3n) is 5.72. The Morgan fingerprint density at radius 2 is 1.92 bits per heavy atom. The number of halogens is 1. The predicted molar refractivity (Wildman–Crippen MR) is 149 cm³/mol. The van der Waals surface area contributed by atoms with Crippen LogP contribution in [0.4, 0.5) is 16.2 Å². The predicted octanol–water partition coefficient (Wildman–Crippen LogP) is 4.87. The van der Waals surface area contributed by atoms with Gasteiger partial charge in [-0.3, -0.25) is 19.7 Å². The van der Waals surface area contributed by atoms with Crippen LogP contribution in [0, 0.1) is 13.7 Å². The number of rotatable bonds is 9. The molecule has 4 amide bonds. The summed E-state index contributed by atoms with van der Waals surface area (Å²) in [5.74, 6) is -0.517. The lowest BCUT2D eigenvalue weighted by Crippen LogP contribution is -2.38. The minimum absolute atomic E-state index is 0.0108. The highest BCUT2D eigenvalue weighted by molar-refractivity contribution is 14.1. The Hall–Kier alpha value is -4.26. The number of nitro groups is 1. The monoisotopic (exact) mass is 626 g/mol. The molecule has 0 unspecified atom stereocenters. The van der Waals surface area contributed by atoms with Crippen molar-refractivity contribution < 1.29 is 24.0 Å². The number of urea groups is 1. The summed E-state index contributed by atoms with van der Waals surface area (Å²) in [7, 11) is 0. The molecule has 3 aromatic carbocycles. The van der Waals surface area contributed by atoms with Crippen molar-refractivity contribution >= 4 is 57.9 Å². The summed E-state index contributed by atoms with van der Waals surface area (Å²) in [4.78, 5) is 49.1. The number of anilines is 1. The molecule has 11 heteroatoms. The van der Waals surface area contributed by atoms with Crippen LogP contribution < -0.4 is 15.4 Å². The maximum atomic E-state index is 12.8. The van der Waals surface area contributed by atoms with E-state index in [9.17, 15) is 24.5 Å². The van der Waals surface area contributed by atoms with Gasteiger partial charge in [0, 0.05) is 17.8 Å². The van der Waals surface area contributed by atoms with E-state index >= 15 is 0 Å². The largest absolute Gasteiger partial charge is 0.488 e. The van der Waals surface area contributed by atoms with Crippen LogP contribution in [0.1, 0.15) is 23.6 Å². The van der Waals surface area contributed by atoms with Gasteiger partial charge in [0.05, 0.1) is 8.49 Å². The Labute approximate surface area is 232 Å². The molecule has 4 rings (SSSR count). The van der Waals surface area contributed by atoms with Gasteiger partial charge in [0.1, 0.15) is 24.6 Å². The first-order valence-corrected chi connectivity index (χ1v) is 12.7. The van der Waals surface area contributed by atoms with E-state index in [0.717, 1.165) is 20.5 Å². The third-order valence-corrected chi connectivity index (χ3v) is 6.56. The molecule has 1 saturated heterocycles. The van der Waals surface area contributed by atoms with Crippen LogP contribution in [0.5, 0.6) is 5.75 Å². The number of nitro benzene ring substituents is 1. The number of nitrogens with one attached hydrogen (secondary N) is 2. The summed E-state index contributed by atoms with van der Waals surface area (Å²) >= 11 is 2.08. The molecule has 1 heterocycles. The number of carbonyl (C=O) groups is 3. The molecule has 2 N–H and O–H groups in total. The molecule has 194 valence electrons. The fourth-order valence-corrected chi connectivity index (χ4v) is 4.51. The highest BCUT2D eigenvalue weighted by atomic mass is 127. The van der Waals surface area contributed by atoms with Crippen molar-refractivity contribution in [3.63, 3.8) is 0 Å². The minimum Gasteiger partial charge on any atom is -0.488 e. The molecule has 0 saturated carbocycles. The molecule has 38 heavy (non-hydrogen) atoms. The van der Waals surface area contributed by atoms with Gasteiger partial charge in [0.25, 0.3) is 11.6 Å². The lowest BCUT2D eigenvalue weighted by Gasteiger charge is -2.13. The van der Waals surface area contributed by atoms with Crippen LogP contribution in [0.25, 0.3) is 6.08 Å². The molecule has 1 fully saturated rings. The van der Waals surface area contributed by atoms with Crippen LogP contribution in [-0.4, -0.2) is 34.2 Å². The molecule has 1 aliphatic rings. The zero-order chi connectivity index (χ0) is 27.2. The number of non-ortho nitro benzene ring substituents is 1.